The van der Waals surface area contributed by atoms with Crippen LogP contribution in [0, 0.1) is 0 Å². The average molecular weight is 342 g/mol. The summed E-state index contributed by atoms with van der Waals surface area (Å²) >= 11 is 3.32. The number of aromatic nitrogens is 1. The van der Waals surface area contributed by atoms with Crippen molar-refractivity contribution in [1.82, 2.24) is 10.3 Å². The molecule has 0 bridgehead atoms. The zero-order valence-corrected chi connectivity index (χ0v) is 14.5. The van der Waals surface area contributed by atoms with Gasteiger partial charge in [0.15, 0.2) is 4.34 Å². The van der Waals surface area contributed by atoms with E-state index in [0.29, 0.717) is 6.42 Å². The van der Waals surface area contributed by atoms with Crippen LogP contribution in [-0.2, 0) is 4.79 Å². The van der Waals surface area contributed by atoms with Crippen molar-refractivity contribution >= 4 is 39.2 Å². The summed E-state index contributed by atoms with van der Waals surface area (Å²) < 4.78 is 2.22. The Hall–Kier alpha value is -1.85. The maximum atomic E-state index is 12.0. The van der Waals surface area contributed by atoms with Crippen LogP contribution in [0.4, 0.5) is 0 Å². The fraction of sp³-hybridized carbons (Fsp3) is 0.222. The zero-order valence-electron chi connectivity index (χ0n) is 12.9. The molecule has 5 heteroatoms. The Morgan fingerprint density at radius 2 is 1.91 bits per heavy atom. The number of carbonyl (C=O) groups is 1. The van der Waals surface area contributed by atoms with E-state index in [1.54, 1.807) is 23.1 Å². The van der Waals surface area contributed by atoms with E-state index in [1.807, 2.05) is 55.5 Å². The summed E-state index contributed by atoms with van der Waals surface area (Å²) in [6.45, 7) is 2.01. The Kier molecular flexibility index (Phi) is 5.31. The van der Waals surface area contributed by atoms with E-state index in [2.05, 4.69) is 16.4 Å². The topological polar surface area (TPSA) is 42.0 Å². The fourth-order valence-electron chi connectivity index (χ4n) is 2.28. The van der Waals surface area contributed by atoms with E-state index in [4.69, 9.17) is 0 Å². The highest BCUT2D eigenvalue weighted by atomic mass is 32.2. The lowest BCUT2D eigenvalue weighted by Crippen LogP contribution is -2.26. The number of carbonyl (C=O) groups excluding carboxylic acids is 1. The van der Waals surface area contributed by atoms with Gasteiger partial charge in [-0.1, -0.05) is 54.2 Å². The molecule has 1 N–H and O–H groups in total. The van der Waals surface area contributed by atoms with Crippen molar-refractivity contribution in [3.8, 4) is 0 Å². The monoisotopic (exact) mass is 342 g/mol. The summed E-state index contributed by atoms with van der Waals surface area (Å²) in [6.07, 6.45) is 0.498. The Morgan fingerprint density at radius 1 is 1.17 bits per heavy atom. The number of hydrogen-bond acceptors (Lipinski definition) is 4. The molecule has 3 rings (SSSR count). The second-order valence-electron chi connectivity index (χ2n) is 5.25. The zero-order chi connectivity index (χ0) is 16.1. The predicted octanol–water partition coefficient (Wildman–Crippen LogP) is 4.66. The molecule has 0 unspecified atom stereocenters. The number of benzene rings is 2. The van der Waals surface area contributed by atoms with Crippen LogP contribution in [0.2, 0.25) is 0 Å². The van der Waals surface area contributed by atoms with Gasteiger partial charge in [0.05, 0.1) is 16.3 Å². The molecule has 0 fully saturated rings. The minimum atomic E-state index is 0.0381. The van der Waals surface area contributed by atoms with Gasteiger partial charge in [-0.15, -0.1) is 11.3 Å². The molecule has 0 spiro atoms. The number of nitrogens with one attached hydrogen (secondary N) is 1. The van der Waals surface area contributed by atoms with Gasteiger partial charge in [-0.25, -0.2) is 4.98 Å². The third-order valence-electron chi connectivity index (χ3n) is 3.51. The van der Waals surface area contributed by atoms with Gasteiger partial charge in [-0.3, -0.25) is 4.79 Å². The Labute approximate surface area is 144 Å². The Morgan fingerprint density at radius 3 is 2.70 bits per heavy atom. The number of amides is 1. The smallest absolute Gasteiger partial charge is 0.221 e. The summed E-state index contributed by atoms with van der Waals surface area (Å²) in [5, 5.41) is 3.04. The highest BCUT2D eigenvalue weighted by Gasteiger charge is 2.10. The van der Waals surface area contributed by atoms with E-state index >= 15 is 0 Å². The highest BCUT2D eigenvalue weighted by Crippen LogP contribution is 2.29. The largest absolute Gasteiger partial charge is 0.350 e. The van der Waals surface area contributed by atoms with E-state index in [0.717, 1.165) is 21.2 Å². The first-order chi connectivity index (χ1) is 11.2. The lowest BCUT2D eigenvalue weighted by atomic mass is 10.1. The molecule has 1 atom stereocenters. The average Bonchev–Trinajstić information content (AvgIpc) is 2.98. The van der Waals surface area contributed by atoms with Crippen LogP contribution in [-0.4, -0.2) is 16.6 Å². The summed E-state index contributed by atoms with van der Waals surface area (Å²) in [7, 11) is 0. The lowest BCUT2D eigenvalue weighted by molar-refractivity contribution is -0.121. The minimum absolute atomic E-state index is 0.0381. The van der Waals surface area contributed by atoms with Gasteiger partial charge in [0.25, 0.3) is 0 Å². The molecule has 1 amide bonds. The maximum Gasteiger partial charge on any atom is 0.221 e. The summed E-state index contributed by atoms with van der Waals surface area (Å²) in [5.41, 5.74) is 2.15. The van der Waals surface area contributed by atoms with E-state index in [-0.39, 0.29) is 11.9 Å². The number of nitrogens with zero attached hydrogens (tertiary/aromatic N) is 1. The number of para-hydroxylation sites is 1. The molecule has 118 valence electrons. The van der Waals surface area contributed by atoms with Crippen LogP contribution in [0.1, 0.15) is 24.9 Å². The highest BCUT2D eigenvalue weighted by molar-refractivity contribution is 8.01. The van der Waals surface area contributed by atoms with Gasteiger partial charge in [-0.2, -0.15) is 0 Å². The van der Waals surface area contributed by atoms with Crippen LogP contribution >= 0.6 is 23.1 Å². The number of thiazole rings is 1. The van der Waals surface area contributed by atoms with Gasteiger partial charge < -0.3 is 5.32 Å². The lowest BCUT2D eigenvalue weighted by Gasteiger charge is -2.13. The summed E-state index contributed by atoms with van der Waals surface area (Å²) in [6, 6.07) is 18.2. The van der Waals surface area contributed by atoms with Crippen LogP contribution in [0.5, 0.6) is 0 Å². The second kappa shape index (κ2) is 7.62. The third kappa shape index (κ3) is 4.33. The van der Waals surface area contributed by atoms with Crippen molar-refractivity contribution in [3.63, 3.8) is 0 Å². The van der Waals surface area contributed by atoms with Crippen LogP contribution in [0.15, 0.2) is 58.9 Å². The molecular weight excluding hydrogens is 324 g/mol. The predicted molar refractivity (Wildman–Crippen MR) is 98.0 cm³/mol. The molecular formula is C18H18N2OS2. The van der Waals surface area contributed by atoms with Crippen molar-refractivity contribution in [2.24, 2.45) is 0 Å². The van der Waals surface area contributed by atoms with Gasteiger partial charge in [-0.05, 0) is 24.6 Å². The SMILES string of the molecule is C[C@@H](NC(=O)CCSc1nc2ccccc2s1)c1ccccc1. The second-order valence-corrected chi connectivity index (χ2v) is 7.62. The molecule has 0 aliphatic heterocycles. The molecule has 3 aromatic rings. The van der Waals surface area contributed by atoms with E-state index in [9.17, 15) is 4.79 Å². The molecule has 0 radical (unpaired) electrons. The van der Waals surface area contributed by atoms with Gasteiger partial charge in [0.1, 0.15) is 0 Å². The minimum Gasteiger partial charge on any atom is -0.350 e. The Balaban J connectivity index is 1.47. The van der Waals surface area contributed by atoms with Gasteiger partial charge >= 0.3 is 0 Å². The standard InChI is InChI=1S/C18H18N2OS2/c1-13(14-7-3-2-4-8-14)19-17(21)11-12-22-18-20-15-9-5-6-10-16(15)23-18/h2-10,13H,11-12H2,1H3,(H,19,21)/t13-/m1/s1. The van der Waals surface area contributed by atoms with Crippen LogP contribution in [0.3, 0.4) is 0 Å². The molecule has 0 saturated heterocycles. The molecule has 0 aliphatic carbocycles. The molecule has 2 aromatic carbocycles. The number of thioether (sulfide) groups is 1. The fourth-order valence-corrected chi connectivity index (χ4v) is 4.36. The van der Waals surface area contributed by atoms with Crippen molar-refractivity contribution in [2.75, 3.05) is 5.75 Å². The van der Waals surface area contributed by atoms with Crippen molar-refractivity contribution in [2.45, 2.75) is 23.7 Å². The summed E-state index contributed by atoms with van der Waals surface area (Å²) in [5.74, 6) is 0.822. The first-order valence-electron chi connectivity index (χ1n) is 7.55. The van der Waals surface area contributed by atoms with Gasteiger partial charge in [0.2, 0.25) is 5.91 Å². The molecule has 23 heavy (non-hydrogen) atoms. The Bertz CT molecular complexity index is 753. The van der Waals surface area contributed by atoms with Crippen molar-refractivity contribution < 1.29 is 4.79 Å². The number of fused-ring (bicyclic) bond motifs is 1. The van der Waals surface area contributed by atoms with Gasteiger partial charge in [0, 0.05) is 12.2 Å². The van der Waals surface area contributed by atoms with Crippen molar-refractivity contribution in [3.05, 3.63) is 60.2 Å². The van der Waals surface area contributed by atoms with Crippen LogP contribution in [0.25, 0.3) is 10.2 Å². The number of rotatable bonds is 6. The first-order valence-corrected chi connectivity index (χ1v) is 9.35. The normalized spacial score (nSPS) is 12.2. The third-order valence-corrected chi connectivity index (χ3v) is 5.69. The molecule has 0 aliphatic rings. The summed E-state index contributed by atoms with van der Waals surface area (Å²) in [4.78, 5) is 16.6. The molecule has 1 heterocycles. The molecule has 1 aromatic heterocycles. The maximum absolute atomic E-state index is 12.0. The van der Waals surface area contributed by atoms with E-state index < -0.39 is 0 Å². The quantitative estimate of drug-likeness (QED) is 0.663. The first kappa shape index (κ1) is 16.0. The van der Waals surface area contributed by atoms with Crippen LogP contribution < -0.4 is 5.32 Å². The van der Waals surface area contributed by atoms with E-state index in [1.165, 1.54) is 4.70 Å². The number of hydrogen-bond donors (Lipinski definition) is 1. The van der Waals surface area contributed by atoms with Crippen molar-refractivity contribution in [1.29, 1.82) is 0 Å². The molecule has 0 saturated carbocycles. The molecule has 3 nitrogen and oxygen atoms in total.